The maximum atomic E-state index is 11.2. The Bertz CT molecular complexity index is 405. The van der Waals surface area contributed by atoms with Gasteiger partial charge >= 0.3 is 17.9 Å². The minimum atomic E-state index is -0.829. The molecular formula is C11H10Br2O5. The summed E-state index contributed by atoms with van der Waals surface area (Å²) in [6, 6.07) is 8.36. The van der Waals surface area contributed by atoms with Crippen LogP contribution in [0.2, 0.25) is 0 Å². The number of ether oxygens (including phenoxy) is 1. The van der Waals surface area contributed by atoms with E-state index < -0.39 is 17.9 Å². The van der Waals surface area contributed by atoms with Crippen LogP contribution in [0.25, 0.3) is 0 Å². The fourth-order valence-corrected chi connectivity index (χ4v) is 0.878. The third-order valence-electron chi connectivity index (χ3n) is 1.44. The molecule has 1 rings (SSSR count). The van der Waals surface area contributed by atoms with Gasteiger partial charge in [-0.1, -0.05) is 50.1 Å². The predicted octanol–water partition coefficient (Wildman–Crippen LogP) is 2.23. The van der Waals surface area contributed by atoms with Gasteiger partial charge in [-0.2, -0.15) is 0 Å². The summed E-state index contributed by atoms with van der Waals surface area (Å²) >= 11 is 5.60. The molecule has 0 bridgehead atoms. The van der Waals surface area contributed by atoms with Gasteiger partial charge in [0.1, 0.15) is 10.7 Å². The zero-order chi connectivity index (χ0) is 14.0. The van der Waals surface area contributed by atoms with Crippen LogP contribution in [0.1, 0.15) is 10.4 Å². The van der Waals surface area contributed by atoms with E-state index in [2.05, 4.69) is 36.6 Å². The largest absolute Gasteiger partial charge is 0.481 e. The zero-order valence-corrected chi connectivity index (χ0v) is 12.3. The van der Waals surface area contributed by atoms with Crippen molar-refractivity contribution in [1.29, 1.82) is 0 Å². The molecule has 1 N–H and O–H groups in total. The first-order valence-electron chi connectivity index (χ1n) is 4.65. The second-order valence-corrected chi connectivity index (χ2v) is 3.91. The lowest BCUT2D eigenvalue weighted by atomic mass is 10.2. The lowest BCUT2D eigenvalue weighted by Gasteiger charge is -1.99. The Labute approximate surface area is 120 Å². The summed E-state index contributed by atoms with van der Waals surface area (Å²) in [6.45, 7) is 0. The Hall–Kier alpha value is -1.21. The number of aliphatic carboxylic acids is 1. The first kappa shape index (κ1) is 16.8. The van der Waals surface area contributed by atoms with Crippen molar-refractivity contribution in [3.8, 4) is 0 Å². The van der Waals surface area contributed by atoms with Crippen molar-refractivity contribution in [3.05, 3.63) is 35.9 Å². The van der Waals surface area contributed by atoms with Gasteiger partial charge in [0.2, 0.25) is 0 Å². The summed E-state index contributed by atoms with van der Waals surface area (Å²) < 4.78 is 4.46. The molecule has 0 saturated heterocycles. The fourth-order valence-electron chi connectivity index (χ4n) is 0.764. The summed E-state index contributed by atoms with van der Waals surface area (Å²) in [5.41, 5.74) is 0.372. The second-order valence-electron chi connectivity index (χ2n) is 2.79. The number of esters is 2. The van der Waals surface area contributed by atoms with Crippen LogP contribution < -0.4 is 0 Å². The normalized spacial score (nSPS) is 8.78. The van der Waals surface area contributed by atoms with Gasteiger partial charge in [-0.3, -0.25) is 9.59 Å². The van der Waals surface area contributed by atoms with Gasteiger partial charge in [-0.15, -0.1) is 0 Å². The molecule has 0 radical (unpaired) electrons. The molecule has 0 aliphatic rings. The van der Waals surface area contributed by atoms with Crippen LogP contribution in [-0.4, -0.2) is 33.7 Å². The van der Waals surface area contributed by atoms with Crippen LogP contribution in [0.5, 0.6) is 0 Å². The molecule has 0 amide bonds. The predicted molar refractivity (Wildman–Crippen MR) is 72.1 cm³/mol. The third kappa shape index (κ3) is 7.97. The molecular weight excluding hydrogens is 372 g/mol. The van der Waals surface area contributed by atoms with E-state index in [1.54, 1.807) is 30.3 Å². The molecule has 0 aliphatic heterocycles. The van der Waals surface area contributed by atoms with Gasteiger partial charge in [0.25, 0.3) is 0 Å². The van der Waals surface area contributed by atoms with Crippen LogP contribution in [0.4, 0.5) is 0 Å². The van der Waals surface area contributed by atoms with Crippen LogP contribution in [-0.2, 0) is 14.3 Å². The molecule has 98 valence electrons. The number of hydrogen-bond acceptors (Lipinski definition) is 4. The molecule has 7 heteroatoms. The summed E-state index contributed by atoms with van der Waals surface area (Å²) in [4.78, 5) is 31.2. The Morgan fingerprint density at radius 1 is 1.06 bits per heavy atom. The van der Waals surface area contributed by atoms with Crippen molar-refractivity contribution in [2.24, 2.45) is 0 Å². The van der Waals surface area contributed by atoms with Gasteiger partial charge in [0.05, 0.1) is 5.56 Å². The molecule has 0 fully saturated rings. The van der Waals surface area contributed by atoms with E-state index in [0.29, 0.717) is 5.56 Å². The summed E-state index contributed by atoms with van der Waals surface area (Å²) in [6.07, 6.45) is 0. The monoisotopic (exact) mass is 380 g/mol. The highest BCUT2D eigenvalue weighted by molar-refractivity contribution is 9.09. The van der Waals surface area contributed by atoms with Crippen molar-refractivity contribution in [3.63, 3.8) is 0 Å². The zero-order valence-electron chi connectivity index (χ0n) is 9.14. The van der Waals surface area contributed by atoms with Crippen molar-refractivity contribution in [1.82, 2.24) is 0 Å². The number of benzene rings is 1. The van der Waals surface area contributed by atoms with E-state index >= 15 is 0 Å². The maximum Gasteiger partial charge on any atom is 0.345 e. The number of hydrogen-bond donors (Lipinski definition) is 1. The first-order chi connectivity index (χ1) is 8.51. The number of carboxylic acid groups (broad SMARTS) is 1. The molecule has 0 heterocycles. The average Bonchev–Trinajstić information content (AvgIpc) is 2.40. The van der Waals surface area contributed by atoms with Crippen molar-refractivity contribution in [2.45, 2.75) is 0 Å². The van der Waals surface area contributed by atoms with Crippen molar-refractivity contribution >= 4 is 49.8 Å². The Balaban J connectivity index is 0.000000494. The highest BCUT2D eigenvalue weighted by atomic mass is 79.9. The second kappa shape index (κ2) is 9.78. The van der Waals surface area contributed by atoms with Crippen LogP contribution in [0.3, 0.4) is 0 Å². The van der Waals surface area contributed by atoms with Gasteiger partial charge in [0.15, 0.2) is 0 Å². The number of alkyl halides is 2. The highest BCUT2D eigenvalue weighted by Crippen LogP contribution is 2.01. The average molecular weight is 382 g/mol. The van der Waals surface area contributed by atoms with E-state index in [4.69, 9.17) is 5.11 Å². The van der Waals surface area contributed by atoms with E-state index in [1.165, 1.54) is 0 Å². The number of rotatable bonds is 3. The molecule has 0 aromatic heterocycles. The van der Waals surface area contributed by atoms with Gasteiger partial charge in [-0.25, -0.2) is 4.79 Å². The van der Waals surface area contributed by atoms with E-state index in [9.17, 15) is 14.4 Å². The fraction of sp³-hybridized carbons (Fsp3) is 0.182. The summed E-state index contributed by atoms with van der Waals surface area (Å²) in [7, 11) is 0. The number of carboxylic acids is 1. The van der Waals surface area contributed by atoms with Gasteiger partial charge < -0.3 is 9.84 Å². The van der Waals surface area contributed by atoms with Crippen LogP contribution >= 0.6 is 31.9 Å². The van der Waals surface area contributed by atoms with Gasteiger partial charge in [-0.05, 0) is 12.1 Å². The molecule has 1 aromatic rings. The van der Waals surface area contributed by atoms with Crippen molar-refractivity contribution in [2.75, 3.05) is 10.7 Å². The minimum Gasteiger partial charge on any atom is -0.481 e. The number of carbonyl (C=O) groups is 3. The number of halogens is 2. The highest BCUT2D eigenvalue weighted by Gasteiger charge is 2.10. The summed E-state index contributed by atoms with van der Waals surface area (Å²) in [5.74, 6) is -2.04. The smallest absolute Gasteiger partial charge is 0.345 e. The Kier molecular flexibility index (Phi) is 9.13. The molecule has 0 spiro atoms. The topological polar surface area (TPSA) is 80.7 Å². The minimum absolute atomic E-state index is 0.0194. The molecule has 1 aromatic carbocycles. The van der Waals surface area contributed by atoms with Crippen molar-refractivity contribution < 1.29 is 24.2 Å². The first-order valence-corrected chi connectivity index (χ1v) is 6.89. The third-order valence-corrected chi connectivity index (χ3v) is 2.38. The molecule has 0 atom stereocenters. The summed E-state index contributed by atoms with van der Waals surface area (Å²) in [5, 5.41) is 7.73. The lowest BCUT2D eigenvalue weighted by Crippen LogP contribution is -2.12. The Morgan fingerprint density at radius 2 is 1.56 bits per heavy atom. The quantitative estimate of drug-likeness (QED) is 0.493. The maximum absolute atomic E-state index is 11.2. The SMILES string of the molecule is O=C(CBr)OC(=O)c1ccccc1.O=C(O)CBr. The van der Waals surface area contributed by atoms with E-state index in [1.807, 2.05) is 0 Å². The standard InChI is InChI=1S/C9H7BrO3.C2H3BrO2/c10-6-8(11)13-9(12)7-4-2-1-3-5-7;3-1-2(4)5/h1-5H,6H2;1H2,(H,4,5). The van der Waals surface area contributed by atoms with E-state index in [-0.39, 0.29) is 10.7 Å². The van der Waals surface area contributed by atoms with Crippen LogP contribution in [0, 0.1) is 0 Å². The lowest BCUT2D eigenvalue weighted by molar-refractivity contribution is -0.135. The molecule has 18 heavy (non-hydrogen) atoms. The molecule has 5 nitrogen and oxygen atoms in total. The number of carbonyl (C=O) groups excluding carboxylic acids is 2. The molecule has 0 unspecified atom stereocenters. The van der Waals surface area contributed by atoms with Gasteiger partial charge in [0, 0.05) is 0 Å². The Morgan fingerprint density at radius 3 is 1.94 bits per heavy atom. The van der Waals surface area contributed by atoms with E-state index in [0.717, 1.165) is 0 Å². The molecule has 0 saturated carbocycles. The van der Waals surface area contributed by atoms with Crippen LogP contribution in [0.15, 0.2) is 30.3 Å². The molecule has 0 aliphatic carbocycles.